The van der Waals surface area contributed by atoms with Gasteiger partial charge in [0.1, 0.15) is 5.82 Å². The number of aromatic amines is 1. The standard InChI is InChI=1S/C14H24N4O/c1-3-7-12-15-13(17-16-12)14(19)18(2)10-11-8-5-4-6-9-11/h11H,3-10H2,1-2H3,(H,15,16,17). The zero-order chi connectivity index (χ0) is 13.7. The fourth-order valence-corrected chi connectivity index (χ4v) is 2.75. The lowest BCUT2D eigenvalue weighted by molar-refractivity contribution is 0.0749. The van der Waals surface area contributed by atoms with E-state index in [-0.39, 0.29) is 5.91 Å². The first kappa shape index (κ1) is 14.0. The van der Waals surface area contributed by atoms with Crippen LogP contribution in [-0.2, 0) is 6.42 Å². The highest BCUT2D eigenvalue weighted by atomic mass is 16.2. The van der Waals surface area contributed by atoms with Crippen LogP contribution in [0.15, 0.2) is 0 Å². The first-order valence-corrected chi connectivity index (χ1v) is 7.37. The van der Waals surface area contributed by atoms with Gasteiger partial charge in [-0.05, 0) is 25.2 Å². The van der Waals surface area contributed by atoms with E-state index in [1.54, 1.807) is 4.90 Å². The Kier molecular flexibility index (Phi) is 4.93. The number of carbonyl (C=O) groups excluding carboxylic acids is 1. The van der Waals surface area contributed by atoms with Crippen LogP contribution in [0.5, 0.6) is 0 Å². The predicted octanol–water partition coefficient (Wildman–Crippen LogP) is 2.41. The Hall–Kier alpha value is -1.39. The van der Waals surface area contributed by atoms with Gasteiger partial charge in [0.25, 0.3) is 5.91 Å². The highest BCUT2D eigenvalue weighted by Crippen LogP contribution is 2.24. The number of hydrogen-bond donors (Lipinski definition) is 1. The molecule has 1 aromatic heterocycles. The topological polar surface area (TPSA) is 61.9 Å². The van der Waals surface area contributed by atoms with Crippen molar-refractivity contribution >= 4 is 5.91 Å². The number of carbonyl (C=O) groups is 1. The van der Waals surface area contributed by atoms with Crippen molar-refractivity contribution in [1.29, 1.82) is 0 Å². The molecule has 1 N–H and O–H groups in total. The molecular weight excluding hydrogens is 240 g/mol. The van der Waals surface area contributed by atoms with Crippen LogP contribution in [0.2, 0.25) is 0 Å². The molecule has 1 saturated carbocycles. The normalized spacial score (nSPS) is 16.5. The highest BCUT2D eigenvalue weighted by molar-refractivity contribution is 5.90. The predicted molar refractivity (Wildman–Crippen MR) is 73.9 cm³/mol. The second kappa shape index (κ2) is 6.68. The molecule has 0 aromatic carbocycles. The zero-order valence-electron chi connectivity index (χ0n) is 12.0. The Bertz CT molecular complexity index is 409. The van der Waals surface area contributed by atoms with Crippen LogP contribution < -0.4 is 0 Å². The summed E-state index contributed by atoms with van der Waals surface area (Å²) in [5, 5.41) is 6.86. The fourth-order valence-electron chi connectivity index (χ4n) is 2.75. The molecule has 1 aliphatic rings. The summed E-state index contributed by atoms with van der Waals surface area (Å²) in [6, 6.07) is 0. The second-order valence-electron chi connectivity index (χ2n) is 5.55. The van der Waals surface area contributed by atoms with Crippen LogP contribution in [0.3, 0.4) is 0 Å². The summed E-state index contributed by atoms with van der Waals surface area (Å²) in [5.74, 6) is 1.69. The molecule has 0 spiro atoms. The van der Waals surface area contributed by atoms with E-state index in [0.717, 1.165) is 25.2 Å². The third-order valence-corrected chi connectivity index (χ3v) is 3.81. The van der Waals surface area contributed by atoms with E-state index in [9.17, 15) is 4.79 Å². The van der Waals surface area contributed by atoms with Crippen molar-refractivity contribution in [2.45, 2.75) is 51.9 Å². The summed E-state index contributed by atoms with van der Waals surface area (Å²) >= 11 is 0. The number of amides is 1. The third kappa shape index (κ3) is 3.78. The van der Waals surface area contributed by atoms with Crippen LogP contribution in [0, 0.1) is 5.92 Å². The largest absolute Gasteiger partial charge is 0.339 e. The number of nitrogens with zero attached hydrogens (tertiary/aromatic N) is 3. The smallest absolute Gasteiger partial charge is 0.293 e. The van der Waals surface area contributed by atoms with Crippen LogP contribution >= 0.6 is 0 Å². The summed E-state index contributed by atoms with van der Waals surface area (Å²) in [4.78, 5) is 18.2. The van der Waals surface area contributed by atoms with Crippen molar-refractivity contribution < 1.29 is 4.79 Å². The van der Waals surface area contributed by atoms with Crippen molar-refractivity contribution in [1.82, 2.24) is 20.1 Å². The molecule has 2 rings (SSSR count). The number of hydrogen-bond acceptors (Lipinski definition) is 3. The van der Waals surface area contributed by atoms with Gasteiger partial charge >= 0.3 is 0 Å². The summed E-state index contributed by atoms with van der Waals surface area (Å²) in [6.45, 7) is 2.91. The minimum atomic E-state index is -0.0656. The lowest BCUT2D eigenvalue weighted by atomic mass is 9.89. The SMILES string of the molecule is CCCc1nc(C(=O)N(C)CC2CCCCC2)n[nH]1. The van der Waals surface area contributed by atoms with E-state index in [1.165, 1.54) is 32.1 Å². The van der Waals surface area contributed by atoms with Crippen LogP contribution in [0.25, 0.3) is 0 Å². The minimum Gasteiger partial charge on any atom is -0.339 e. The van der Waals surface area contributed by atoms with Gasteiger partial charge in [-0.1, -0.05) is 26.2 Å². The van der Waals surface area contributed by atoms with Gasteiger partial charge in [-0.2, -0.15) is 0 Å². The zero-order valence-corrected chi connectivity index (χ0v) is 12.0. The number of rotatable bonds is 5. The Morgan fingerprint density at radius 2 is 2.11 bits per heavy atom. The molecule has 1 heterocycles. The van der Waals surface area contributed by atoms with Crippen molar-refractivity contribution in [3.05, 3.63) is 11.6 Å². The van der Waals surface area contributed by atoms with E-state index in [1.807, 2.05) is 7.05 Å². The van der Waals surface area contributed by atoms with Crippen molar-refractivity contribution in [2.75, 3.05) is 13.6 Å². The van der Waals surface area contributed by atoms with Gasteiger partial charge < -0.3 is 4.90 Å². The first-order chi connectivity index (χ1) is 9.20. The van der Waals surface area contributed by atoms with Crippen LogP contribution in [-0.4, -0.2) is 39.6 Å². The van der Waals surface area contributed by atoms with Crippen molar-refractivity contribution in [2.24, 2.45) is 5.92 Å². The van der Waals surface area contributed by atoms with E-state index < -0.39 is 0 Å². The maximum Gasteiger partial charge on any atom is 0.293 e. The Labute approximate surface area is 114 Å². The lowest BCUT2D eigenvalue weighted by Gasteiger charge is -2.26. The molecule has 1 amide bonds. The molecule has 1 aromatic rings. The molecule has 1 fully saturated rings. The molecule has 5 heteroatoms. The van der Waals surface area contributed by atoms with Crippen LogP contribution in [0.1, 0.15) is 61.9 Å². The second-order valence-corrected chi connectivity index (χ2v) is 5.55. The average Bonchev–Trinajstić information content (AvgIpc) is 2.88. The summed E-state index contributed by atoms with van der Waals surface area (Å²) in [6.07, 6.45) is 8.27. The number of nitrogens with one attached hydrogen (secondary N) is 1. The molecule has 5 nitrogen and oxygen atoms in total. The summed E-state index contributed by atoms with van der Waals surface area (Å²) < 4.78 is 0. The molecular formula is C14H24N4O. The molecule has 0 atom stereocenters. The molecule has 0 unspecified atom stereocenters. The average molecular weight is 264 g/mol. The van der Waals surface area contributed by atoms with E-state index in [4.69, 9.17) is 0 Å². The van der Waals surface area contributed by atoms with Gasteiger partial charge in [0.15, 0.2) is 0 Å². The molecule has 19 heavy (non-hydrogen) atoms. The van der Waals surface area contributed by atoms with Crippen LogP contribution in [0.4, 0.5) is 0 Å². The number of aryl methyl sites for hydroxylation is 1. The highest BCUT2D eigenvalue weighted by Gasteiger charge is 2.21. The first-order valence-electron chi connectivity index (χ1n) is 7.37. The molecule has 1 aliphatic carbocycles. The molecule has 0 aliphatic heterocycles. The van der Waals surface area contributed by atoms with E-state index >= 15 is 0 Å². The minimum absolute atomic E-state index is 0.0656. The lowest BCUT2D eigenvalue weighted by Crippen LogP contribution is -2.33. The maximum atomic E-state index is 12.2. The number of H-pyrrole nitrogens is 1. The Morgan fingerprint density at radius 3 is 2.79 bits per heavy atom. The molecule has 0 bridgehead atoms. The summed E-state index contributed by atoms with van der Waals surface area (Å²) in [5.41, 5.74) is 0. The molecule has 0 saturated heterocycles. The van der Waals surface area contributed by atoms with E-state index in [2.05, 4.69) is 22.1 Å². The van der Waals surface area contributed by atoms with Gasteiger partial charge in [0.05, 0.1) is 0 Å². The van der Waals surface area contributed by atoms with Gasteiger partial charge in [-0.15, -0.1) is 5.10 Å². The number of aromatic nitrogens is 3. The Balaban J connectivity index is 1.89. The molecule has 106 valence electrons. The van der Waals surface area contributed by atoms with Gasteiger partial charge in [0, 0.05) is 20.0 Å². The third-order valence-electron chi connectivity index (χ3n) is 3.81. The Morgan fingerprint density at radius 1 is 1.37 bits per heavy atom. The molecule has 0 radical (unpaired) electrons. The van der Waals surface area contributed by atoms with E-state index in [0.29, 0.717) is 11.7 Å². The summed E-state index contributed by atoms with van der Waals surface area (Å²) in [7, 11) is 1.85. The van der Waals surface area contributed by atoms with Crippen molar-refractivity contribution in [3.63, 3.8) is 0 Å². The van der Waals surface area contributed by atoms with Crippen molar-refractivity contribution in [3.8, 4) is 0 Å². The van der Waals surface area contributed by atoms with Gasteiger partial charge in [-0.3, -0.25) is 9.89 Å². The van der Waals surface area contributed by atoms with Gasteiger partial charge in [0.2, 0.25) is 5.82 Å². The quantitative estimate of drug-likeness (QED) is 0.888. The fraction of sp³-hybridized carbons (Fsp3) is 0.786. The monoisotopic (exact) mass is 264 g/mol. The van der Waals surface area contributed by atoms with Gasteiger partial charge in [-0.25, -0.2) is 4.98 Å². The maximum absolute atomic E-state index is 12.2.